The van der Waals surface area contributed by atoms with Crippen LogP contribution in [0.5, 0.6) is 0 Å². The van der Waals surface area contributed by atoms with Gasteiger partial charge in [-0.15, -0.1) is 0 Å². The normalized spacial score (nSPS) is 8.71. The van der Waals surface area contributed by atoms with Gasteiger partial charge in [-0.3, -0.25) is 0 Å². The van der Waals surface area contributed by atoms with Crippen molar-refractivity contribution in [3.8, 4) is 0 Å². The van der Waals surface area contributed by atoms with E-state index in [4.69, 9.17) is 0 Å². The van der Waals surface area contributed by atoms with Gasteiger partial charge in [-0.25, -0.2) is 9.97 Å². The van der Waals surface area contributed by atoms with Crippen molar-refractivity contribution in [3.63, 3.8) is 0 Å². The first-order chi connectivity index (χ1) is 7.58. The molecule has 1 aromatic heterocycles. The Balaban J connectivity index is 0.000000284. The van der Waals surface area contributed by atoms with Crippen molar-refractivity contribution in [3.05, 3.63) is 59.2 Å². The predicted octanol–water partition coefficient (Wildman–Crippen LogP) is 4.03. The number of aryl methyl sites for hydroxylation is 4. The van der Waals surface area contributed by atoms with Crippen molar-refractivity contribution in [2.75, 3.05) is 0 Å². The third-order valence-corrected chi connectivity index (χ3v) is 2.13. The number of nitrogens with zero attached hydrogens (tertiary/aromatic N) is 2. The fourth-order valence-electron chi connectivity index (χ4n) is 1.09. The number of rotatable bonds is 0. The van der Waals surface area contributed by atoms with Crippen molar-refractivity contribution in [2.24, 2.45) is 0 Å². The Kier molecular flexibility index (Phi) is 6.80. The molecule has 2 rings (SSSR count). The fourth-order valence-corrected chi connectivity index (χ4v) is 1.09. The van der Waals surface area contributed by atoms with Crippen molar-refractivity contribution >= 4 is 0 Å². The summed E-state index contributed by atoms with van der Waals surface area (Å²) < 4.78 is 0. The molecular weight excluding hydrogens is 208 g/mol. The van der Waals surface area contributed by atoms with Gasteiger partial charge >= 0.3 is 0 Å². The summed E-state index contributed by atoms with van der Waals surface area (Å²) in [4.78, 5) is 7.94. The van der Waals surface area contributed by atoms with E-state index in [0.29, 0.717) is 0 Å². The largest absolute Gasteiger partial charge is 0.241 e. The highest BCUT2D eigenvalue weighted by atomic mass is 14.8. The zero-order valence-corrected chi connectivity index (χ0v) is 10.4. The van der Waals surface area contributed by atoms with Crippen molar-refractivity contribution in [1.29, 1.82) is 0 Å². The third-order valence-electron chi connectivity index (χ3n) is 2.13. The van der Waals surface area contributed by atoms with Crippen molar-refractivity contribution in [2.45, 2.75) is 35.1 Å². The first-order valence-corrected chi connectivity index (χ1v) is 5.36. The molecule has 0 fully saturated rings. The Morgan fingerprint density at radius 3 is 1.29 bits per heavy atom. The van der Waals surface area contributed by atoms with Gasteiger partial charge in [0.15, 0.2) is 0 Å². The molecule has 0 bridgehead atoms. The van der Waals surface area contributed by atoms with Gasteiger partial charge in [0.05, 0.1) is 0 Å². The molecule has 17 heavy (non-hydrogen) atoms. The van der Waals surface area contributed by atoms with Gasteiger partial charge in [-0.2, -0.15) is 0 Å². The minimum atomic E-state index is 0. The second-order valence-corrected chi connectivity index (χ2v) is 3.96. The number of hydrogen-bond donors (Lipinski definition) is 0. The average molecular weight is 230 g/mol. The molecule has 0 amide bonds. The molecule has 2 nitrogen and oxygen atoms in total. The molecule has 0 N–H and O–H groups in total. The maximum Gasteiger partial charge on any atom is 0.125 e. The lowest BCUT2D eigenvalue weighted by atomic mass is 10.2. The van der Waals surface area contributed by atoms with Crippen molar-refractivity contribution < 1.29 is 0 Å². The van der Waals surface area contributed by atoms with E-state index in [2.05, 4.69) is 48.1 Å². The van der Waals surface area contributed by atoms with E-state index in [1.54, 1.807) is 0 Å². The van der Waals surface area contributed by atoms with E-state index in [1.807, 2.05) is 26.2 Å². The molecule has 1 heterocycles. The van der Waals surface area contributed by atoms with Gasteiger partial charge in [0, 0.05) is 12.4 Å². The Morgan fingerprint density at radius 2 is 1.00 bits per heavy atom. The molecule has 0 aliphatic carbocycles. The van der Waals surface area contributed by atoms with Gasteiger partial charge in [0.1, 0.15) is 5.82 Å². The Bertz CT molecular complexity index is 330. The van der Waals surface area contributed by atoms with E-state index >= 15 is 0 Å². The molecule has 0 saturated heterocycles. The van der Waals surface area contributed by atoms with Crippen LogP contribution in [0.3, 0.4) is 0 Å². The van der Waals surface area contributed by atoms with Crippen LogP contribution < -0.4 is 0 Å². The minimum Gasteiger partial charge on any atom is -0.241 e. The molecular formula is C15H22N2. The van der Waals surface area contributed by atoms with E-state index in [0.717, 1.165) is 11.4 Å². The summed E-state index contributed by atoms with van der Waals surface area (Å²) in [6, 6.07) is 8.48. The highest BCUT2D eigenvalue weighted by Gasteiger charge is 1.82. The average Bonchev–Trinajstić information content (AvgIpc) is 2.28. The van der Waals surface area contributed by atoms with Crippen LogP contribution in [0.15, 0.2) is 36.7 Å². The monoisotopic (exact) mass is 230 g/mol. The highest BCUT2D eigenvalue weighted by molar-refractivity contribution is 5.19. The van der Waals surface area contributed by atoms with Gasteiger partial charge < -0.3 is 0 Å². The van der Waals surface area contributed by atoms with Gasteiger partial charge in [0.2, 0.25) is 0 Å². The topological polar surface area (TPSA) is 25.8 Å². The SMILES string of the molecule is C.Cc1ccc(C)cc1.Cc1cnc(C)nc1. The first-order valence-electron chi connectivity index (χ1n) is 5.36. The standard InChI is InChI=1S/C8H10.C6H8N2.CH4/c1-7-3-5-8(2)6-4-7;1-5-3-7-6(2)8-4-5;/h3-6H,1-2H3;3-4H,1-2H3;1H4. The smallest absolute Gasteiger partial charge is 0.125 e. The molecule has 2 heteroatoms. The highest BCUT2D eigenvalue weighted by Crippen LogP contribution is 1.99. The second-order valence-electron chi connectivity index (χ2n) is 3.96. The summed E-state index contributed by atoms with van der Waals surface area (Å²) in [6.07, 6.45) is 3.62. The summed E-state index contributed by atoms with van der Waals surface area (Å²) in [5, 5.41) is 0. The summed E-state index contributed by atoms with van der Waals surface area (Å²) in [7, 11) is 0. The maximum atomic E-state index is 3.97. The van der Waals surface area contributed by atoms with Crippen LogP contribution in [0.25, 0.3) is 0 Å². The zero-order valence-electron chi connectivity index (χ0n) is 10.4. The van der Waals surface area contributed by atoms with Gasteiger partial charge in [-0.1, -0.05) is 42.8 Å². The van der Waals surface area contributed by atoms with Crippen LogP contribution in [-0.2, 0) is 0 Å². The molecule has 2 aromatic rings. The Labute approximate surface area is 105 Å². The van der Waals surface area contributed by atoms with E-state index in [1.165, 1.54) is 11.1 Å². The zero-order chi connectivity index (χ0) is 12.0. The molecule has 0 aliphatic heterocycles. The van der Waals surface area contributed by atoms with Gasteiger partial charge in [-0.05, 0) is 33.3 Å². The molecule has 1 aromatic carbocycles. The lowest BCUT2D eigenvalue weighted by Gasteiger charge is -1.90. The Hall–Kier alpha value is -1.70. The summed E-state index contributed by atoms with van der Waals surface area (Å²) in [5.41, 5.74) is 3.77. The summed E-state index contributed by atoms with van der Waals surface area (Å²) in [6.45, 7) is 8.04. The van der Waals surface area contributed by atoms with E-state index < -0.39 is 0 Å². The van der Waals surface area contributed by atoms with Gasteiger partial charge in [0.25, 0.3) is 0 Å². The predicted molar refractivity (Wildman–Crippen MR) is 74.2 cm³/mol. The molecule has 0 aliphatic rings. The van der Waals surface area contributed by atoms with Crippen molar-refractivity contribution in [1.82, 2.24) is 9.97 Å². The van der Waals surface area contributed by atoms with Crippen LogP contribution in [0.1, 0.15) is 29.9 Å². The van der Waals surface area contributed by atoms with E-state index in [-0.39, 0.29) is 7.43 Å². The first kappa shape index (κ1) is 15.3. The quantitative estimate of drug-likeness (QED) is 0.682. The number of hydrogen-bond acceptors (Lipinski definition) is 2. The number of aromatic nitrogens is 2. The third kappa shape index (κ3) is 6.46. The fraction of sp³-hybridized carbons (Fsp3) is 0.333. The summed E-state index contributed by atoms with van der Waals surface area (Å²) in [5.74, 6) is 0.829. The molecule has 0 spiro atoms. The second kappa shape index (κ2) is 7.55. The minimum absolute atomic E-state index is 0. The van der Waals surface area contributed by atoms with Crippen LogP contribution in [0.2, 0.25) is 0 Å². The maximum absolute atomic E-state index is 3.97. The lowest BCUT2D eigenvalue weighted by molar-refractivity contribution is 1.03. The lowest BCUT2D eigenvalue weighted by Crippen LogP contribution is -1.84. The molecule has 0 unspecified atom stereocenters. The van der Waals surface area contributed by atoms with Crippen LogP contribution >= 0.6 is 0 Å². The van der Waals surface area contributed by atoms with Crippen LogP contribution in [0.4, 0.5) is 0 Å². The number of benzene rings is 1. The Morgan fingerprint density at radius 1 is 0.647 bits per heavy atom. The molecule has 0 saturated carbocycles. The molecule has 92 valence electrons. The van der Waals surface area contributed by atoms with E-state index in [9.17, 15) is 0 Å². The molecule has 0 atom stereocenters. The summed E-state index contributed by atoms with van der Waals surface area (Å²) >= 11 is 0. The molecule has 0 radical (unpaired) electrons. The van der Waals surface area contributed by atoms with Crippen LogP contribution in [0, 0.1) is 27.7 Å². The van der Waals surface area contributed by atoms with Crippen LogP contribution in [-0.4, -0.2) is 9.97 Å².